The summed E-state index contributed by atoms with van der Waals surface area (Å²) in [6.45, 7) is 1.62. The molecule has 1 saturated heterocycles. The van der Waals surface area contributed by atoms with Crippen LogP contribution < -0.4 is 15.2 Å². The number of likely N-dealkylation sites (tertiary alicyclic amines) is 1. The molecule has 3 rings (SSSR count). The van der Waals surface area contributed by atoms with Gasteiger partial charge in [0.2, 0.25) is 12.7 Å². The number of amides is 1. The summed E-state index contributed by atoms with van der Waals surface area (Å²) in [4.78, 5) is 13.9. The van der Waals surface area contributed by atoms with E-state index in [1.807, 2.05) is 0 Å². The fourth-order valence-corrected chi connectivity index (χ4v) is 2.59. The smallest absolute Gasteiger partial charge is 0.242 e. The SMILES string of the molecule is N[C@H](C(=O)N1CCCC1)[C@H](O)c1ccc2c(c1)OCO2. The van der Waals surface area contributed by atoms with Crippen LogP contribution in [0, 0.1) is 0 Å². The van der Waals surface area contributed by atoms with Crippen LogP contribution in [0.3, 0.4) is 0 Å². The molecule has 0 bridgehead atoms. The maximum atomic E-state index is 12.2. The molecule has 2 atom stereocenters. The molecule has 0 aromatic heterocycles. The summed E-state index contributed by atoms with van der Waals surface area (Å²) >= 11 is 0. The fraction of sp³-hybridized carbons (Fsp3) is 0.500. The highest BCUT2D eigenvalue weighted by atomic mass is 16.7. The molecular weight excluding hydrogens is 260 g/mol. The van der Waals surface area contributed by atoms with Crippen molar-refractivity contribution in [3.05, 3.63) is 23.8 Å². The molecule has 2 aliphatic heterocycles. The minimum absolute atomic E-state index is 0.174. The van der Waals surface area contributed by atoms with Gasteiger partial charge in [0.05, 0.1) is 0 Å². The fourth-order valence-electron chi connectivity index (χ4n) is 2.59. The Morgan fingerprint density at radius 1 is 1.25 bits per heavy atom. The van der Waals surface area contributed by atoms with Crippen molar-refractivity contribution < 1.29 is 19.4 Å². The second kappa shape index (κ2) is 5.30. The van der Waals surface area contributed by atoms with Gasteiger partial charge in [-0.05, 0) is 30.5 Å². The largest absolute Gasteiger partial charge is 0.454 e. The van der Waals surface area contributed by atoms with Gasteiger partial charge in [0.1, 0.15) is 12.1 Å². The summed E-state index contributed by atoms with van der Waals surface area (Å²) in [5.74, 6) is 1.01. The molecule has 0 saturated carbocycles. The van der Waals surface area contributed by atoms with Crippen molar-refractivity contribution in [2.75, 3.05) is 19.9 Å². The molecule has 6 heteroatoms. The Labute approximate surface area is 117 Å². The number of fused-ring (bicyclic) bond motifs is 1. The second-order valence-electron chi connectivity index (χ2n) is 5.12. The van der Waals surface area contributed by atoms with Crippen LogP contribution in [0.1, 0.15) is 24.5 Å². The molecule has 2 heterocycles. The number of hydrogen-bond donors (Lipinski definition) is 2. The van der Waals surface area contributed by atoms with Gasteiger partial charge in [-0.1, -0.05) is 6.07 Å². The third-order valence-electron chi connectivity index (χ3n) is 3.78. The number of benzene rings is 1. The lowest BCUT2D eigenvalue weighted by molar-refractivity contribution is -0.134. The number of nitrogens with zero attached hydrogens (tertiary/aromatic N) is 1. The number of carbonyl (C=O) groups excluding carboxylic acids is 1. The zero-order valence-corrected chi connectivity index (χ0v) is 11.1. The highest BCUT2D eigenvalue weighted by Crippen LogP contribution is 2.34. The van der Waals surface area contributed by atoms with Gasteiger partial charge < -0.3 is 25.2 Å². The molecule has 0 aliphatic carbocycles. The molecule has 0 spiro atoms. The standard InChI is InChI=1S/C14H18N2O4/c15-12(14(18)16-5-1-2-6-16)13(17)9-3-4-10-11(7-9)20-8-19-10/h3-4,7,12-13,17H,1-2,5-6,8,15H2/t12-,13+/m0/s1. The van der Waals surface area contributed by atoms with E-state index in [4.69, 9.17) is 15.2 Å². The molecule has 1 aromatic rings. The Kier molecular flexibility index (Phi) is 3.50. The van der Waals surface area contributed by atoms with E-state index in [2.05, 4.69) is 0 Å². The van der Waals surface area contributed by atoms with Crippen LogP contribution >= 0.6 is 0 Å². The summed E-state index contributed by atoms with van der Waals surface area (Å²) < 4.78 is 10.5. The maximum Gasteiger partial charge on any atom is 0.242 e. The molecule has 0 unspecified atom stereocenters. The van der Waals surface area contributed by atoms with E-state index in [0.717, 1.165) is 25.9 Å². The molecule has 3 N–H and O–H groups in total. The molecule has 20 heavy (non-hydrogen) atoms. The summed E-state index contributed by atoms with van der Waals surface area (Å²) in [5, 5.41) is 10.3. The van der Waals surface area contributed by atoms with E-state index in [0.29, 0.717) is 17.1 Å². The van der Waals surface area contributed by atoms with Gasteiger partial charge in [-0.3, -0.25) is 4.79 Å². The Morgan fingerprint density at radius 3 is 2.70 bits per heavy atom. The lowest BCUT2D eigenvalue weighted by Crippen LogP contribution is -2.45. The molecule has 6 nitrogen and oxygen atoms in total. The van der Waals surface area contributed by atoms with Gasteiger partial charge in [-0.15, -0.1) is 0 Å². The summed E-state index contributed by atoms with van der Waals surface area (Å²) in [6, 6.07) is 4.14. The van der Waals surface area contributed by atoms with Crippen molar-refractivity contribution in [1.82, 2.24) is 4.90 Å². The topological polar surface area (TPSA) is 85.0 Å². The van der Waals surface area contributed by atoms with Crippen molar-refractivity contribution in [3.63, 3.8) is 0 Å². The average molecular weight is 278 g/mol. The van der Waals surface area contributed by atoms with Gasteiger partial charge in [0.25, 0.3) is 0 Å². The number of nitrogens with two attached hydrogens (primary N) is 1. The Morgan fingerprint density at radius 2 is 1.95 bits per heavy atom. The minimum Gasteiger partial charge on any atom is -0.454 e. The third kappa shape index (κ3) is 2.32. The van der Waals surface area contributed by atoms with Crippen LogP contribution in [-0.4, -0.2) is 41.8 Å². The molecule has 1 aromatic carbocycles. The van der Waals surface area contributed by atoms with Gasteiger partial charge in [-0.2, -0.15) is 0 Å². The van der Waals surface area contributed by atoms with Crippen LogP contribution in [0.2, 0.25) is 0 Å². The first-order valence-corrected chi connectivity index (χ1v) is 6.79. The van der Waals surface area contributed by atoms with Gasteiger partial charge in [-0.25, -0.2) is 0 Å². The van der Waals surface area contributed by atoms with Crippen molar-refractivity contribution in [3.8, 4) is 11.5 Å². The van der Waals surface area contributed by atoms with Crippen LogP contribution in [0.15, 0.2) is 18.2 Å². The zero-order chi connectivity index (χ0) is 14.1. The Balaban J connectivity index is 1.74. The van der Waals surface area contributed by atoms with Gasteiger partial charge in [0.15, 0.2) is 11.5 Å². The van der Waals surface area contributed by atoms with E-state index in [-0.39, 0.29) is 12.7 Å². The van der Waals surface area contributed by atoms with Crippen LogP contribution in [-0.2, 0) is 4.79 Å². The maximum absolute atomic E-state index is 12.2. The number of carbonyl (C=O) groups is 1. The highest BCUT2D eigenvalue weighted by Gasteiger charge is 2.30. The average Bonchev–Trinajstić information content (AvgIpc) is 3.14. The summed E-state index contributed by atoms with van der Waals surface area (Å²) in [5.41, 5.74) is 6.47. The second-order valence-corrected chi connectivity index (χ2v) is 5.12. The Hall–Kier alpha value is -1.79. The number of aliphatic hydroxyl groups excluding tert-OH is 1. The highest BCUT2D eigenvalue weighted by molar-refractivity contribution is 5.82. The van der Waals surface area contributed by atoms with Crippen LogP contribution in [0.4, 0.5) is 0 Å². The third-order valence-corrected chi connectivity index (χ3v) is 3.78. The van der Waals surface area contributed by atoms with Crippen LogP contribution in [0.5, 0.6) is 11.5 Å². The monoisotopic (exact) mass is 278 g/mol. The lowest BCUT2D eigenvalue weighted by Gasteiger charge is -2.24. The summed E-state index contributed by atoms with van der Waals surface area (Å²) in [7, 11) is 0. The summed E-state index contributed by atoms with van der Waals surface area (Å²) in [6.07, 6.45) is 0.953. The first-order chi connectivity index (χ1) is 9.66. The zero-order valence-electron chi connectivity index (χ0n) is 11.1. The van der Waals surface area contributed by atoms with Crippen molar-refractivity contribution in [1.29, 1.82) is 0 Å². The first kappa shape index (κ1) is 13.2. The first-order valence-electron chi connectivity index (χ1n) is 6.79. The van der Waals surface area contributed by atoms with Gasteiger partial charge in [0, 0.05) is 13.1 Å². The number of hydrogen-bond acceptors (Lipinski definition) is 5. The molecular formula is C14H18N2O4. The Bertz CT molecular complexity index is 514. The molecule has 2 aliphatic rings. The minimum atomic E-state index is -1.04. The van der Waals surface area contributed by atoms with E-state index >= 15 is 0 Å². The van der Waals surface area contributed by atoms with Crippen molar-refractivity contribution in [2.24, 2.45) is 5.73 Å². The van der Waals surface area contributed by atoms with Crippen LogP contribution in [0.25, 0.3) is 0 Å². The lowest BCUT2D eigenvalue weighted by atomic mass is 10.0. The number of rotatable bonds is 3. The van der Waals surface area contributed by atoms with Crippen molar-refractivity contribution >= 4 is 5.91 Å². The number of ether oxygens (including phenoxy) is 2. The van der Waals surface area contributed by atoms with E-state index in [1.54, 1.807) is 23.1 Å². The molecule has 108 valence electrons. The molecule has 1 fully saturated rings. The van der Waals surface area contributed by atoms with Gasteiger partial charge >= 0.3 is 0 Å². The van der Waals surface area contributed by atoms with E-state index in [9.17, 15) is 9.90 Å². The molecule has 0 radical (unpaired) electrons. The predicted molar refractivity (Wildman–Crippen MR) is 71.3 cm³/mol. The normalized spacial score (nSPS) is 20.0. The number of aliphatic hydroxyl groups is 1. The predicted octanol–water partition coefficient (Wildman–Crippen LogP) is 0.398. The van der Waals surface area contributed by atoms with Crippen molar-refractivity contribution in [2.45, 2.75) is 25.0 Å². The quantitative estimate of drug-likeness (QED) is 0.836. The van der Waals surface area contributed by atoms with E-state index in [1.165, 1.54) is 0 Å². The molecule has 1 amide bonds. The van der Waals surface area contributed by atoms with E-state index < -0.39 is 12.1 Å².